The van der Waals surface area contributed by atoms with Crippen LogP contribution in [-0.4, -0.2) is 30.9 Å². The number of nitrogens with one attached hydrogen (secondary N) is 2. The molecule has 1 aliphatic carbocycles. The van der Waals surface area contributed by atoms with Gasteiger partial charge in [-0.25, -0.2) is 4.98 Å². The zero-order chi connectivity index (χ0) is 22.8. The van der Waals surface area contributed by atoms with Crippen molar-refractivity contribution in [3.8, 4) is 11.5 Å². The Kier molecular flexibility index (Phi) is 5.99. The van der Waals surface area contributed by atoms with Crippen molar-refractivity contribution in [2.75, 3.05) is 19.5 Å². The number of Topliss-reactive ketones (excluding diaryl/α,β-unsaturated/α-hetero) is 1. The fourth-order valence-corrected chi connectivity index (χ4v) is 4.53. The number of allylic oxidation sites excluding steroid dienone is 3. The molecule has 0 saturated heterocycles. The van der Waals surface area contributed by atoms with Gasteiger partial charge in [0.1, 0.15) is 17.3 Å². The van der Waals surface area contributed by atoms with Crippen molar-refractivity contribution in [2.45, 2.75) is 32.6 Å². The monoisotopic (exact) mass is 433 g/mol. The summed E-state index contributed by atoms with van der Waals surface area (Å²) >= 11 is 0. The van der Waals surface area contributed by atoms with Gasteiger partial charge in [-0.2, -0.15) is 0 Å². The molecule has 32 heavy (non-hydrogen) atoms. The van der Waals surface area contributed by atoms with E-state index in [1.54, 1.807) is 50.7 Å². The van der Waals surface area contributed by atoms with Crippen molar-refractivity contribution >= 4 is 17.5 Å². The van der Waals surface area contributed by atoms with Crippen molar-refractivity contribution in [2.24, 2.45) is 5.92 Å². The van der Waals surface area contributed by atoms with E-state index in [1.165, 1.54) is 0 Å². The molecule has 4 rings (SSSR count). The summed E-state index contributed by atoms with van der Waals surface area (Å²) < 4.78 is 11.1. The smallest absolute Gasteiger partial charge is 0.255 e. The number of anilines is 1. The number of carbonyl (C=O) groups is 2. The van der Waals surface area contributed by atoms with E-state index in [0.717, 1.165) is 12.1 Å². The predicted molar refractivity (Wildman–Crippen MR) is 121 cm³/mol. The van der Waals surface area contributed by atoms with Gasteiger partial charge in [0.15, 0.2) is 5.78 Å². The highest BCUT2D eigenvalue weighted by atomic mass is 16.5. The molecule has 0 unspecified atom stereocenters. The number of ether oxygens (including phenoxy) is 2. The SMILES string of the molecule is COc1ccc(OC)c([C@@H]2C(C(=O)Nc3ccccn3)=C(C)NC3=C2C(=O)C[C@@H](C)C3)c1. The number of amides is 1. The van der Waals surface area contributed by atoms with Crippen LogP contribution in [-0.2, 0) is 9.59 Å². The molecule has 7 heteroatoms. The third-order valence-corrected chi connectivity index (χ3v) is 5.93. The molecule has 2 aromatic rings. The minimum absolute atomic E-state index is 0.0387. The van der Waals surface area contributed by atoms with Gasteiger partial charge in [0.05, 0.1) is 20.1 Å². The molecular weight excluding hydrogens is 406 g/mol. The Bertz CT molecular complexity index is 1120. The zero-order valence-corrected chi connectivity index (χ0v) is 18.7. The Labute approximate surface area is 187 Å². The third-order valence-electron chi connectivity index (χ3n) is 5.93. The molecule has 0 saturated carbocycles. The molecular formula is C25H27N3O4. The lowest BCUT2D eigenvalue weighted by molar-refractivity contribution is -0.117. The number of carbonyl (C=O) groups excluding carboxylic acids is 2. The lowest BCUT2D eigenvalue weighted by atomic mass is 9.72. The van der Waals surface area contributed by atoms with Crippen molar-refractivity contribution in [3.63, 3.8) is 0 Å². The van der Waals surface area contributed by atoms with Gasteiger partial charge in [0, 0.05) is 40.7 Å². The number of rotatable bonds is 5. The van der Waals surface area contributed by atoms with Crippen LogP contribution >= 0.6 is 0 Å². The molecule has 2 heterocycles. The van der Waals surface area contributed by atoms with E-state index < -0.39 is 5.92 Å². The van der Waals surface area contributed by atoms with Crippen LogP contribution in [0, 0.1) is 5.92 Å². The van der Waals surface area contributed by atoms with Crippen LogP contribution in [0.25, 0.3) is 0 Å². The van der Waals surface area contributed by atoms with Gasteiger partial charge in [-0.1, -0.05) is 13.0 Å². The molecule has 2 atom stereocenters. The van der Waals surface area contributed by atoms with E-state index in [1.807, 2.05) is 13.0 Å². The molecule has 1 aromatic carbocycles. The second-order valence-electron chi connectivity index (χ2n) is 8.20. The van der Waals surface area contributed by atoms with E-state index >= 15 is 0 Å². The van der Waals surface area contributed by atoms with Crippen molar-refractivity contribution < 1.29 is 19.1 Å². The number of aromatic nitrogens is 1. The van der Waals surface area contributed by atoms with E-state index in [9.17, 15) is 9.59 Å². The van der Waals surface area contributed by atoms with E-state index in [-0.39, 0.29) is 17.6 Å². The minimum Gasteiger partial charge on any atom is -0.497 e. The molecule has 1 amide bonds. The van der Waals surface area contributed by atoms with Crippen LogP contribution < -0.4 is 20.1 Å². The lowest BCUT2D eigenvalue weighted by Gasteiger charge is -2.36. The Balaban J connectivity index is 1.88. The topological polar surface area (TPSA) is 89.6 Å². The van der Waals surface area contributed by atoms with Crippen molar-refractivity contribution in [3.05, 3.63) is 70.7 Å². The summed E-state index contributed by atoms with van der Waals surface area (Å²) in [4.78, 5) is 31.0. The zero-order valence-electron chi connectivity index (χ0n) is 18.7. The molecule has 2 aliphatic rings. The average Bonchev–Trinajstić information content (AvgIpc) is 2.78. The maximum absolute atomic E-state index is 13.5. The molecule has 0 spiro atoms. The molecule has 1 aliphatic heterocycles. The summed E-state index contributed by atoms with van der Waals surface area (Å²) in [7, 11) is 3.17. The fourth-order valence-electron chi connectivity index (χ4n) is 4.53. The first-order valence-electron chi connectivity index (χ1n) is 10.6. The van der Waals surface area contributed by atoms with Gasteiger partial charge in [0.2, 0.25) is 0 Å². The van der Waals surface area contributed by atoms with E-state index in [4.69, 9.17) is 9.47 Å². The first-order chi connectivity index (χ1) is 15.4. The molecule has 0 fully saturated rings. The summed E-state index contributed by atoms with van der Waals surface area (Å²) in [5, 5.41) is 6.22. The number of benzene rings is 1. The van der Waals surface area contributed by atoms with Gasteiger partial charge in [-0.3, -0.25) is 9.59 Å². The highest BCUT2D eigenvalue weighted by molar-refractivity contribution is 6.09. The lowest BCUT2D eigenvalue weighted by Crippen LogP contribution is -2.37. The maximum atomic E-state index is 13.5. The standard InChI is InChI=1S/C25H27N3O4/c1-14-11-18-24(19(29)12-14)23(17-13-16(31-3)8-9-20(17)32-4)22(15(2)27-18)25(30)28-21-7-5-6-10-26-21/h5-10,13-14,23,27H,11-12H2,1-4H3,(H,26,28,30)/t14-,23+/m0/s1. The minimum atomic E-state index is -0.583. The van der Waals surface area contributed by atoms with E-state index in [2.05, 4.69) is 22.5 Å². The van der Waals surface area contributed by atoms with Crippen LogP contribution in [0.4, 0.5) is 5.82 Å². The largest absolute Gasteiger partial charge is 0.497 e. The Morgan fingerprint density at radius 2 is 1.97 bits per heavy atom. The Morgan fingerprint density at radius 1 is 1.16 bits per heavy atom. The molecule has 7 nitrogen and oxygen atoms in total. The fraction of sp³-hybridized carbons (Fsp3) is 0.320. The number of hydrogen-bond donors (Lipinski definition) is 2. The van der Waals surface area contributed by atoms with Gasteiger partial charge in [-0.05, 0) is 49.6 Å². The number of ketones is 1. The molecule has 0 radical (unpaired) electrons. The molecule has 1 aromatic heterocycles. The number of hydrogen-bond acceptors (Lipinski definition) is 6. The van der Waals surface area contributed by atoms with Crippen LogP contribution in [0.2, 0.25) is 0 Å². The van der Waals surface area contributed by atoms with Gasteiger partial charge < -0.3 is 20.1 Å². The second-order valence-corrected chi connectivity index (χ2v) is 8.20. The predicted octanol–water partition coefficient (Wildman–Crippen LogP) is 3.95. The molecule has 2 N–H and O–H groups in total. The Morgan fingerprint density at radius 3 is 2.66 bits per heavy atom. The summed E-state index contributed by atoms with van der Waals surface area (Å²) in [6, 6.07) is 10.8. The van der Waals surface area contributed by atoms with Crippen molar-refractivity contribution in [1.82, 2.24) is 10.3 Å². The van der Waals surface area contributed by atoms with Gasteiger partial charge in [0.25, 0.3) is 5.91 Å². The highest BCUT2D eigenvalue weighted by Gasteiger charge is 2.41. The first kappa shape index (κ1) is 21.6. The Hall–Kier alpha value is -3.61. The number of nitrogens with zero attached hydrogens (tertiary/aromatic N) is 1. The van der Waals surface area contributed by atoms with E-state index in [0.29, 0.717) is 46.1 Å². The average molecular weight is 434 g/mol. The first-order valence-corrected chi connectivity index (χ1v) is 10.6. The van der Waals surface area contributed by atoms with Crippen LogP contribution in [0.1, 0.15) is 38.2 Å². The summed E-state index contributed by atoms with van der Waals surface area (Å²) in [5.74, 6) is 1.03. The highest BCUT2D eigenvalue weighted by Crippen LogP contribution is 2.46. The normalized spacial score (nSPS) is 20.4. The third kappa shape index (κ3) is 3.98. The molecule has 166 valence electrons. The second kappa shape index (κ2) is 8.86. The van der Waals surface area contributed by atoms with Crippen LogP contribution in [0.3, 0.4) is 0 Å². The van der Waals surface area contributed by atoms with Crippen LogP contribution in [0.5, 0.6) is 11.5 Å². The van der Waals surface area contributed by atoms with Gasteiger partial charge >= 0.3 is 0 Å². The summed E-state index contributed by atoms with van der Waals surface area (Å²) in [6.45, 7) is 3.92. The van der Waals surface area contributed by atoms with Crippen LogP contribution in [0.15, 0.2) is 65.1 Å². The summed E-state index contributed by atoms with van der Waals surface area (Å²) in [6.07, 6.45) is 2.80. The summed E-state index contributed by atoms with van der Waals surface area (Å²) in [5.41, 5.74) is 3.37. The number of pyridine rings is 1. The number of methoxy groups -OCH3 is 2. The quantitative estimate of drug-likeness (QED) is 0.742. The maximum Gasteiger partial charge on any atom is 0.255 e. The molecule has 0 bridgehead atoms. The van der Waals surface area contributed by atoms with Crippen molar-refractivity contribution in [1.29, 1.82) is 0 Å². The number of dihydropyridines is 1. The van der Waals surface area contributed by atoms with Gasteiger partial charge in [-0.15, -0.1) is 0 Å².